The SMILES string of the molecule is CC(C)C(Cl)Cc1ccccc1S(=O)(=O)N(C)C. The van der Waals surface area contributed by atoms with Gasteiger partial charge in [0.05, 0.1) is 4.90 Å². The molecule has 0 aliphatic carbocycles. The van der Waals surface area contributed by atoms with Crippen molar-refractivity contribution >= 4 is 21.6 Å². The lowest BCUT2D eigenvalue weighted by atomic mass is 10.0. The highest BCUT2D eigenvalue weighted by atomic mass is 35.5. The van der Waals surface area contributed by atoms with Crippen LogP contribution in [0.4, 0.5) is 0 Å². The van der Waals surface area contributed by atoms with Crippen LogP contribution in [0.15, 0.2) is 29.2 Å². The first kappa shape index (κ1) is 15.5. The summed E-state index contributed by atoms with van der Waals surface area (Å²) in [4.78, 5) is 0.348. The van der Waals surface area contributed by atoms with E-state index in [9.17, 15) is 8.42 Å². The van der Waals surface area contributed by atoms with Crippen LogP contribution in [0, 0.1) is 5.92 Å². The van der Waals surface area contributed by atoms with Crippen molar-refractivity contribution in [2.45, 2.75) is 30.5 Å². The summed E-state index contributed by atoms with van der Waals surface area (Å²) in [7, 11) is -0.335. The average Bonchev–Trinajstić information content (AvgIpc) is 2.29. The quantitative estimate of drug-likeness (QED) is 0.782. The molecule has 1 aromatic carbocycles. The predicted molar refractivity (Wildman–Crippen MR) is 75.5 cm³/mol. The van der Waals surface area contributed by atoms with Crippen LogP contribution < -0.4 is 0 Å². The molecule has 0 N–H and O–H groups in total. The Morgan fingerprint density at radius 1 is 1.22 bits per heavy atom. The molecule has 0 saturated carbocycles. The van der Waals surface area contributed by atoms with Gasteiger partial charge in [0.15, 0.2) is 0 Å². The van der Waals surface area contributed by atoms with Crippen LogP contribution in [0.1, 0.15) is 19.4 Å². The fraction of sp³-hybridized carbons (Fsp3) is 0.538. The third kappa shape index (κ3) is 3.46. The molecule has 102 valence electrons. The van der Waals surface area contributed by atoms with E-state index in [-0.39, 0.29) is 5.38 Å². The summed E-state index contributed by atoms with van der Waals surface area (Å²) in [5, 5.41) is -0.0662. The van der Waals surface area contributed by atoms with Gasteiger partial charge in [0.2, 0.25) is 10.0 Å². The van der Waals surface area contributed by atoms with Gasteiger partial charge in [-0.05, 0) is 24.0 Å². The summed E-state index contributed by atoms with van der Waals surface area (Å²) in [6, 6.07) is 7.04. The molecule has 0 heterocycles. The second-order valence-electron chi connectivity index (χ2n) is 4.86. The van der Waals surface area contributed by atoms with Crippen molar-refractivity contribution in [1.82, 2.24) is 4.31 Å². The van der Waals surface area contributed by atoms with Crippen molar-refractivity contribution < 1.29 is 8.42 Å². The number of rotatable bonds is 5. The van der Waals surface area contributed by atoms with Gasteiger partial charge in [-0.25, -0.2) is 12.7 Å². The number of alkyl halides is 1. The van der Waals surface area contributed by atoms with Gasteiger partial charge in [0.1, 0.15) is 0 Å². The minimum atomic E-state index is -3.40. The molecular weight excluding hydrogens is 270 g/mol. The summed E-state index contributed by atoms with van der Waals surface area (Å²) in [6.07, 6.45) is 0.558. The standard InChI is InChI=1S/C13H20ClNO2S/c1-10(2)12(14)9-11-7-5-6-8-13(11)18(16,17)15(3)4/h5-8,10,12H,9H2,1-4H3. The fourth-order valence-corrected chi connectivity index (χ4v) is 2.86. The molecule has 0 aromatic heterocycles. The molecule has 18 heavy (non-hydrogen) atoms. The first-order valence-corrected chi connectivity index (χ1v) is 7.79. The maximum Gasteiger partial charge on any atom is 0.242 e. The van der Waals surface area contributed by atoms with E-state index in [0.29, 0.717) is 17.2 Å². The van der Waals surface area contributed by atoms with E-state index < -0.39 is 10.0 Å². The lowest BCUT2D eigenvalue weighted by Gasteiger charge is -2.18. The van der Waals surface area contributed by atoms with E-state index in [2.05, 4.69) is 0 Å². The first-order valence-electron chi connectivity index (χ1n) is 5.91. The Bertz CT molecular complexity index is 497. The van der Waals surface area contributed by atoms with Gasteiger partial charge < -0.3 is 0 Å². The van der Waals surface area contributed by atoms with E-state index in [1.165, 1.54) is 18.4 Å². The Morgan fingerprint density at radius 3 is 2.28 bits per heavy atom. The van der Waals surface area contributed by atoms with E-state index in [1.54, 1.807) is 12.1 Å². The van der Waals surface area contributed by atoms with Gasteiger partial charge in [0.25, 0.3) is 0 Å². The van der Waals surface area contributed by atoms with Crippen LogP contribution in [0.2, 0.25) is 0 Å². The lowest BCUT2D eigenvalue weighted by molar-refractivity contribution is 0.518. The topological polar surface area (TPSA) is 37.4 Å². The van der Waals surface area contributed by atoms with Gasteiger partial charge in [0, 0.05) is 19.5 Å². The predicted octanol–water partition coefficient (Wildman–Crippen LogP) is 2.74. The molecule has 0 aliphatic heterocycles. The smallest absolute Gasteiger partial charge is 0.207 e. The van der Waals surface area contributed by atoms with Crippen LogP contribution >= 0.6 is 11.6 Å². The molecule has 0 spiro atoms. The maximum atomic E-state index is 12.2. The van der Waals surface area contributed by atoms with Crippen LogP contribution in [0.5, 0.6) is 0 Å². The maximum absolute atomic E-state index is 12.2. The third-order valence-electron chi connectivity index (χ3n) is 2.87. The monoisotopic (exact) mass is 289 g/mol. The third-order valence-corrected chi connectivity index (χ3v) is 5.44. The molecule has 5 heteroatoms. The van der Waals surface area contributed by atoms with Crippen LogP contribution in [-0.4, -0.2) is 32.2 Å². The van der Waals surface area contributed by atoms with Gasteiger partial charge in [-0.3, -0.25) is 0 Å². The number of halogens is 1. The Balaban J connectivity index is 3.16. The summed E-state index contributed by atoms with van der Waals surface area (Å²) in [6.45, 7) is 4.06. The zero-order valence-electron chi connectivity index (χ0n) is 11.2. The van der Waals surface area contributed by atoms with Crippen molar-refractivity contribution in [1.29, 1.82) is 0 Å². The average molecular weight is 290 g/mol. The van der Waals surface area contributed by atoms with Gasteiger partial charge in [-0.1, -0.05) is 32.0 Å². The largest absolute Gasteiger partial charge is 0.242 e. The van der Waals surface area contributed by atoms with E-state index in [1.807, 2.05) is 26.0 Å². The molecule has 0 radical (unpaired) electrons. The summed E-state index contributed by atoms with van der Waals surface area (Å²) >= 11 is 6.24. The number of hydrogen-bond donors (Lipinski definition) is 0. The Labute approximate surface area is 115 Å². The Morgan fingerprint density at radius 2 is 1.78 bits per heavy atom. The van der Waals surface area contributed by atoms with Gasteiger partial charge >= 0.3 is 0 Å². The van der Waals surface area contributed by atoms with Crippen LogP contribution in [0.25, 0.3) is 0 Å². The molecule has 1 aromatic rings. The normalized spacial score (nSPS) is 14.2. The molecular formula is C13H20ClNO2S. The van der Waals surface area contributed by atoms with Crippen molar-refractivity contribution in [2.24, 2.45) is 5.92 Å². The van der Waals surface area contributed by atoms with Crippen LogP contribution in [-0.2, 0) is 16.4 Å². The van der Waals surface area contributed by atoms with Gasteiger partial charge in [-0.15, -0.1) is 11.6 Å². The second-order valence-corrected chi connectivity index (χ2v) is 7.54. The Kier molecular flexibility index (Phi) is 5.20. The molecule has 0 amide bonds. The molecule has 1 unspecified atom stereocenters. The minimum absolute atomic E-state index is 0.0662. The number of benzene rings is 1. The summed E-state index contributed by atoms with van der Waals surface area (Å²) in [5.74, 6) is 0.307. The van der Waals surface area contributed by atoms with Crippen LogP contribution in [0.3, 0.4) is 0 Å². The molecule has 0 fully saturated rings. The highest BCUT2D eigenvalue weighted by Crippen LogP contribution is 2.23. The van der Waals surface area contributed by atoms with E-state index in [0.717, 1.165) is 5.56 Å². The second kappa shape index (κ2) is 6.04. The van der Waals surface area contributed by atoms with Crippen molar-refractivity contribution in [3.05, 3.63) is 29.8 Å². The summed E-state index contributed by atoms with van der Waals surface area (Å²) < 4.78 is 25.6. The van der Waals surface area contributed by atoms with E-state index in [4.69, 9.17) is 11.6 Å². The minimum Gasteiger partial charge on any atom is -0.207 e. The molecule has 0 aliphatic rings. The summed E-state index contributed by atoms with van der Waals surface area (Å²) in [5.41, 5.74) is 0.778. The van der Waals surface area contributed by atoms with Crippen molar-refractivity contribution in [3.8, 4) is 0 Å². The fourth-order valence-electron chi connectivity index (χ4n) is 1.57. The molecule has 3 nitrogen and oxygen atoms in total. The van der Waals surface area contributed by atoms with E-state index >= 15 is 0 Å². The molecule has 0 saturated heterocycles. The highest BCUT2D eigenvalue weighted by Gasteiger charge is 2.22. The van der Waals surface area contributed by atoms with Crippen molar-refractivity contribution in [2.75, 3.05) is 14.1 Å². The molecule has 1 atom stereocenters. The highest BCUT2D eigenvalue weighted by molar-refractivity contribution is 7.89. The zero-order chi connectivity index (χ0) is 13.9. The first-order chi connectivity index (χ1) is 8.26. The molecule has 0 bridgehead atoms. The zero-order valence-corrected chi connectivity index (χ0v) is 12.8. The number of sulfonamides is 1. The Hall–Kier alpha value is -0.580. The number of hydrogen-bond acceptors (Lipinski definition) is 2. The lowest BCUT2D eigenvalue weighted by Crippen LogP contribution is -2.24. The molecule has 1 rings (SSSR count). The van der Waals surface area contributed by atoms with Gasteiger partial charge in [-0.2, -0.15) is 0 Å². The van der Waals surface area contributed by atoms with Crippen molar-refractivity contribution in [3.63, 3.8) is 0 Å². The number of nitrogens with zero attached hydrogens (tertiary/aromatic N) is 1.